The van der Waals surface area contributed by atoms with E-state index in [1.54, 1.807) is 55.6 Å². The van der Waals surface area contributed by atoms with Gasteiger partial charge >= 0.3 is 0 Å². The van der Waals surface area contributed by atoms with E-state index >= 15 is 0 Å². The zero-order chi connectivity index (χ0) is 15.2. The summed E-state index contributed by atoms with van der Waals surface area (Å²) in [5.41, 5.74) is 7.09. The van der Waals surface area contributed by atoms with Gasteiger partial charge in [0, 0.05) is 16.8 Å². The number of methoxy groups -OCH3 is 1. The molecule has 0 bridgehead atoms. The fourth-order valence-corrected chi connectivity index (χ4v) is 1.76. The smallest absolute Gasteiger partial charge is 0.255 e. The van der Waals surface area contributed by atoms with Crippen molar-refractivity contribution in [3.63, 3.8) is 0 Å². The summed E-state index contributed by atoms with van der Waals surface area (Å²) in [5, 5.41) is 14.3. The highest BCUT2D eigenvalue weighted by Crippen LogP contribution is 2.15. The van der Waals surface area contributed by atoms with Crippen molar-refractivity contribution in [1.29, 1.82) is 0 Å². The van der Waals surface area contributed by atoms with Gasteiger partial charge in [-0.1, -0.05) is 17.3 Å². The molecule has 0 aromatic heterocycles. The molecule has 0 aliphatic rings. The number of nitrogens with one attached hydrogen (secondary N) is 1. The van der Waals surface area contributed by atoms with Crippen molar-refractivity contribution in [2.75, 3.05) is 12.4 Å². The van der Waals surface area contributed by atoms with Crippen molar-refractivity contribution in [3.8, 4) is 5.75 Å². The SMILES string of the molecule is COc1ccc(C(=O)Nc2cccc(/C(N)=N/O)c2)cc1. The van der Waals surface area contributed by atoms with Crippen LogP contribution in [0.4, 0.5) is 5.69 Å². The second kappa shape index (κ2) is 6.42. The topological polar surface area (TPSA) is 96.9 Å². The molecule has 0 aliphatic carbocycles. The number of carbonyl (C=O) groups is 1. The molecule has 0 radical (unpaired) electrons. The van der Waals surface area contributed by atoms with Gasteiger partial charge < -0.3 is 21.0 Å². The number of nitrogens with two attached hydrogens (primary N) is 1. The first kappa shape index (κ1) is 14.4. The molecule has 0 spiro atoms. The predicted octanol–water partition coefficient (Wildman–Crippen LogP) is 2.04. The summed E-state index contributed by atoms with van der Waals surface area (Å²) in [6.07, 6.45) is 0. The Hall–Kier alpha value is -3.02. The molecule has 2 aromatic carbocycles. The lowest BCUT2D eigenvalue weighted by Crippen LogP contribution is -2.15. The molecule has 0 atom stereocenters. The quantitative estimate of drug-likeness (QED) is 0.346. The maximum atomic E-state index is 12.1. The van der Waals surface area contributed by atoms with E-state index in [0.717, 1.165) is 0 Å². The molecule has 108 valence electrons. The van der Waals surface area contributed by atoms with Crippen molar-refractivity contribution >= 4 is 17.4 Å². The van der Waals surface area contributed by atoms with Crippen LogP contribution >= 0.6 is 0 Å². The third kappa shape index (κ3) is 3.50. The molecule has 0 unspecified atom stereocenters. The molecule has 0 heterocycles. The van der Waals surface area contributed by atoms with Gasteiger partial charge in [0.2, 0.25) is 0 Å². The van der Waals surface area contributed by atoms with Crippen LogP contribution in [0.15, 0.2) is 53.7 Å². The molecule has 21 heavy (non-hydrogen) atoms. The molecular weight excluding hydrogens is 270 g/mol. The first-order valence-corrected chi connectivity index (χ1v) is 6.17. The van der Waals surface area contributed by atoms with Crippen LogP contribution in [-0.4, -0.2) is 24.1 Å². The van der Waals surface area contributed by atoms with Crippen LogP contribution in [0.1, 0.15) is 15.9 Å². The molecule has 6 nitrogen and oxygen atoms in total. The largest absolute Gasteiger partial charge is 0.497 e. The molecule has 0 saturated carbocycles. The molecule has 6 heteroatoms. The monoisotopic (exact) mass is 285 g/mol. The zero-order valence-corrected chi connectivity index (χ0v) is 11.4. The second-order valence-electron chi connectivity index (χ2n) is 4.25. The molecule has 4 N–H and O–H groups in total. The standard InChI is InChI=1S/C15H15N3O3/c1-21-13-7-5-10(6-8-13)15(19)17-12-4-2-3-11(9-12)14(16)18-20/h2-9,20H,1H3,(H2,16,18)(H,17,19). The summed E-state index contributed by atoms with van der Waals surface area (Å²) >= 11 is 0. The number of hydrogen-bond acceptors (Lipinski definition) is 4. The van der Waals surface area contributed by atoms with E-state index in [4.69, 9.17) is 15.7 Å². The van der Waals surface area contributed by atoms with Crippen molar-refractivity contribution in [3.05, 3.63) is 59.7 Å². The van der Waals surface area contributed by atoms with Gasteiger partial charge in [0.05, 0.1) is 7.11 Å². The fourth-order valence-electron chi connectivity index (χ4n) is 1.76. The van der Waals surface area contributed by atoms with Gasteiger partial charge in [-0.2, -0.15) is 0 Å². The lowest BCUT2D eigenvalue weighted by molar-refractivity contribution is 0.102. The van der Waals surface area contributed by atoms with Crippen LogP contribution in [0.3, 0.4) is 0 Å². The summed E-state index contributed by atoms with van der Waals surface area (Å²) < 4.78 is 5.04. The lowest BCUT2D eigenvalue weighted by Gasteiger charge is -2.07. The highest BCUT2D eigenvalue weighted by atomic mass is 16.5. The molecule has 1 amide bonds. The third-order valence-electron chi connectivity index (χ3n) is 2.88. The van der Waals surface area contributed by atoms with Crippen molar-refractivity contribution in [2.45, 2.75) is 0 Å². The highest BCUT2D eigenvalue weighted by Gasteiger charge is 2.07. The van der Waals surface area contributed by atoms with Crippen LogP contribution < -0.4 is 15.8 Å². The third-order valence-corrected chi connectivity index (χ3v) is 2.88. The summed E-state index contributed by atoms with van der Waals surface area (Å²) in [4.78, 5) is 12.1. The van der Waals surface area contributed by atoms with Gasteiger partial charge in [-0.25, -0.2) is 0 Å². The van der Waals surface area contributed by atoms with E-state index < -0.39 is 0 Å². The number of rotatable bonds is 4. The van der Waals surface area contributed by atoms with E-state index in [9.17, 15) is 4.79 Å². The Labute approximate surface area is 121 Å². The Morgan fingerprint density at radius 1 is 1.19 bits per heavy atom. The molecular formula is C15H15N3O3. The lowest BCUT2D eigenvalue weighted by atomic mass is 10.1. The number of oxime groups is 1. The predicted molar refractivity (Wildman–Crippen MR) is 79.9 cm³/mol. The van der Waals surface area contributed by atoms with E-state index in [0.29, 0.717) is 22.6 Å². The molecule has 2 aromatic rings. The van der Waals surface area contributed by atoms with Gasteiger partial charge in [-0.15, -0.1) is 0 Å². The molecule has 0 fully saturated rings. The number of ether oxygens (including phenoxy) is 1. The number of benzene rings is 2. The van der Waals surface area contributed by atoms with Crippen LogP contribution in [0.2, 0.25) is 0 Å². The minimum Gasteiger partial charge on any atom is -0.497 e. The van der Waals surface area contributed by atoms with Gasteiger partial charge in [0.1, 0.15) is 5.75 Å². The van der Waals surface area contributed by atoms with Crippen molar-refractivity contribution in [1.82, 2.24) is 0 Å². The Kier molecular flexibility index (Phi) is 4.40. The summed E-state index contributed by atoms with van der Waals surface area (Å²) in [7, 11) is 1.56. The average molecular weight is 285 g/mol. The van der Waals surface area contributed by atoms with Crippen LogP contribution in [0.25, 0.3) is 0 Å². The normalized spacial score (nSPS) is 11.0. The highest BCUT2D eigenvalue weighted by molar-refractivity contribution is 6.05. The average Bonchev–Trinajstić information content (AvgIpc) is 2.54. The number of nitrogens with zero attached hydrogens (tertiary/aromatic N) is 1. The first-order chi connectivity index (χ1) is 10.1. The number of hydrogen-bond donors (Lipinski definition) is 3. The summed E-state index contributed by atoms with van der Waals surface area (Å²) in [6, 6.07) is 13.5. The molecule has 0 aliphatic heterocycles. The minimum atomic E-state index is -0.255. The van der Waals surface area contributed by atoms with Crippen LogP contribution in [0.5, 0.6) is 5.75 Å². The Balaban J connectivity index is 2.15. The number of anilines is 1. The summed E-state index contributed by atoms with van der Waals surface area (Å²) in [5.74, 6) is 0.408. The van der Waals surface area contributed by atoms with E-state index in [1.165, 1.54) is 0 Å². The number of amides is 1. The minimum absolute atomic E-state index is 0.0180. The van der Waals surface area contributed by atoms with Gasteiger partial charge in [-0.3, -0.25) is 4.79 Å². The molecule has 0 saturated heterocycles. The van der Waals surface area contributed by atoms with Gasteiger partial charge in [0.25, 0.3) is 5.91 Å². The fraction of sp³-hybridized carbons (Fsp3) is 0.0667. The maximum absolute atomic E-state index is 12.1. The Morgan fingerprint density at radius 3 is 2.52 bits per heavy atom. The van der Waals surface area contributed by atoms with Gasteiger partial charge in [0.15, 0.2) is 5.84 Å². The van der Waals surface area contributed by atoms with Crippen LogP contribution in [-0.2, 0) is 0 Å². The molecule has 2 rings (SSSR count). The second-order valence-corrected chi connectivity index (χ2v) is 4.25. The van der Waals surface area contributed by atoms with E-state index in [-0.39, 0.29) is 11.7 Å². The number of amidine groups is 1. The summed E-state index contributed by atoms with van der Waals surface area (Å²) in [6.45, 7) is 0. The Morgan fingerprint density at radius 2 is 1.90 bits per heavy atom. The van der Waals surface area contributed by atoms with Gasteiger partial charge in [-0.05, 0) is 36.4 Å². The Bertz CT molecular complexity index is 666. The van der Waals surface area contributed by atoms with Crippen molar-refractivity contribution in [2.24, 2.45) is 10.9 Å². The van der Waals surface area contributed by atoms with E-state index in [2.05, 4.69) is 10.5 Å². The van der Waals surface area contributed by atoms with Crippen molar-refractivity contribution < 1.29 is 14.7 Å². The maximum Gasteiger partial charge on any atom is 0.255 e. The van der Waals surface area contributed by atoms with E-state index in [1.807, 2.05) is 0 Å². The first-order valence-electron chi connectivity index (χ1n) is 6.17. The van der Waals surface area contributed by atoms with Crippen LogP contribution in [0, 0.1) is 0 Å². The zero-order valence-electron chi connectivity index (χ0n) is 11.4. The number of carbonyl (C=O) groups excluding carboxylic acids is 1.